The highest BCUT2D eigenvalue weighted by Crippen LogP contribution is 2.65. The molecule has 10 rings (SSSR count). The highest BCUT2D eigenvalue weighted by Gasteiger charge is 2.53. The minimum absolute atomic E-state index is 0.171. The molecule has 2 aromatic heterocycles. The van der Waals surface area contributed by atoms with Crippen molar-refractivity contribution in [2.24, 2.45) is 0 Å². The first kappa shape index (κ1) is 26.9. The van der Waals surface area contributed by atoms with Gasteiger partial charge in [-0.3, -0.25) is 4.98 Å². The molecule has 0 fully saturated rings. The molecule has 0 spiro atoms. The third-order valence-electron chi connectivity index (χ3n) is 10.8. The summed E-state index contributed by atoms with van der Waals surface area (Å²) < 4.78 is 2.69. The summed E-state index contributed by atoms with van der Waals surface area (Å²) in [6.45, 7) is 4.83. The van der Waals surface area contributed by atoms with Crippen LogP contribution in [0.25, 0.3) is 53.6 Å². The minimum Gasteiger partial charge on any atom is -0.264 e. The second kappa shape index (κ2) is 9.61. The smallest absolute Gasteiger partial charge is 0.0714 e. The first-order chi connectivity index (χ1) is 23.1. The van der Waals surface area contributed by atoms with E-state index in [2.05, 4.69) is 152 Å². The molecular weight excluding hydrogens is 587 g/mol. The zero-order valence-electron chi connectivity index (χ0n) is 26.3. The van der Waals surface area contributed by atoms with Gasteiger partial charge in [-0.15, -0.1) is 11.3 Å². The molecule has 0 saturated carbocycles. The standard InChI is InChI=1S/C45H31NS/c1-44(2)36-23-29(28-13-12-22-46-27-28)24-38-41(36)42-37(44)25-30(33-19-11-20-35-34-18-9-10-21-40(34)47-43(33)35)26-39(42)45(38,31-14-5-3-6-15-31)32-16-7-4-8-17-32/h3-27H,1-2H3. The van der Waals surface area contributed by atoms with Crippen LogP contribution in [0.15, 0.2) is 152 Å². The molecule has 0 atom stereocenters. The molecule has 0 N–H and O–H groups in total. The number of aromatic nitrogens is 1. The third kappa shape index (κ3) is 3.51. The van der Waals surface area contributed by atoms with Crippen LogP contribution in [0.5, 0.6) is 0 Å². The lowest BCUT2D eigenvalue weighted by atomic mass is 9.65. The highest BCUT2D eigenvalue weighted by molar-refractivity contribution is 7.26. The highest BCUT2D eigenvalue weighted by atomic mass is 32.1. The van der Waals surface area contributed by atoms with Crippen LogP contribution in [-0.4, -0.2) is 4.98 Å². The Balaban J connectivity index is 1.36. The lowest BCUT2D eigenvalue weighted by molar-refractivity contribution is 0.652. The SMILES string of the molecule is CC1(C)c2cc(-c3cccnc3)cc3c2-c2c1cc(-c1cccc4c1sc1ccccc14)cc2C3(c1ccccc1)c1ccccc1. The molecule has 2 heterocycles. The van der Waals surface area contributed by atoms with Crippen molar-refractivity contribution in [1.82, 2.24) is 4.98 Å². The molecule has 6 aromatic carbocycles. The second-order valence-corrected chi connectivity index (χ2v) is 14.6. The molecule has 2 aliphatic rings. The summed E-state index contributed by atoms with van der Waals surface area (Å²) in [7, 11) is 0. The summed E-state index contributed by atoms with van der Waals surface area (Å²) in [5.74, 6) is 0. The lowest BCUT2D eigenvalue weighted by Crippen LogP contribution is -2.30. The van der Waals surface area contributed by atoms with Crippen LogP contribution in [0.2, 0.25) is 0 Å². The summed E-state index contributed by atoms with van der Waals surface area (Å²) in [4.78, 5) is 4.52. The van der Waals surface area contributed by atoms with E-state index in [1.807, 2.05) is 29.8 Å². The summed E-state index contributed by atoms with van der Waals surface area (Å²) >= 11 is 1.91. The van der Waals surface area contributed by atoms with Crippen LogP contribution in [0.3, 0.4) is 0 Å². The van der Waals surface area contributed by atoms with Crippen LogP contribution < -0.4 is 0 Å². The Labute approximate surface area is 278 Å². The molecule has 2 aliphatic carbocycles. The van der Waals surface area contributed by atoms with Crippen molar-refractivity contribution >= 4 is 31.5 Å². The van der Waals surface area contributed by atoms with Crippen molar-refractivity contribution in [1.29, 1.82) is 0 Å². The first-order valence-corrected chi connectivity index (χ1v) is 17.2. The summed E-state index contributed by atoms with van der Waals surface area (Å²) in [6, 6.07) is 52.2. The van der Waals surface area contributed by atoms with Gasteiger partial charge in [0.05, 0.1) is 5.41 Å². The Morgan fingerprint density at radius 2 is 1.11 bits per heavy atom. The Bertz CT molecular complexity index is 2480. The Morgan fingerprint density at radius 3 is 1.79 bits per heavy atom. The molecule has 0 aliphatic heterocycles. The number of hydrogen-bond acceptors (Lipinski definition) is 2. The fourth-order valence-electron chi connectivity index (χ4n) is 8.69. The Morgan fingerprint density at radius 1 is 0.511 bits per heavy atom. The van der Waals surface area contributed by atoms with E-state index in [-0.39, 0.29) is 5.41 Å². The number of thiophene rings is 1. The molecule has 8 aromatic rings. The van der Waals surface area contributed by atoms with E-state index in [9.17, 15) is 0 Å². The molecule has 222 valence electrons. The quantitative estimate of drug-likeness (QED) is 0.191. The molecular formula is C45H31NS. The van der Waals surface area contributed by atoms with Gasteiger partial charge in [-0.2, -0.15) is 0 Å². The van der Waals surface area contributed by atoms with Crippen molar-refractivity contribution in [2.75, 3.05) is 0 Å². The van der Waals surface area contributed by atoms with Crippen molar-refractivity contribution in [3.8, 4) is 33.4 Å². The van der Waals surface area contributed by atoms with Crippen LogP contribution in [0.1, 0.15) is 47.2 Å². The van der Waals surface area contributed by atoms with Crippen molar-refractivity contribution in [3.05, 3.63) is 185 Å². The predicted octanol–water partition coefficient (Wildman–Crippen LogP) is 11.8. The summed E-state index contributed by atoms with van der Waals surface area (Å²) in [5.41, 5.74) is 15.3. The zero-order valence-corrected chi connectivity index (χ0v) is 27.1. The van der Waals surface area contributed by atoms with E-state index in [1.54, 1.807) is 0 Å². The van der Waals surface area contributed by atoms with E-state index in [0.717, 1.165) is 5.56 Å². The largest absolute Gasteiger partial charge is 0.264 e. The number of rotatable bonds is 4. The molecule has 1 nitrogen and oxygen atoms in total. The second-order valence-electron chi connectivity index (χ2n) is 13.5. The topological polar surface area (TPSA) is 12.9 Å². The minimum atomic E-state index is -0.477. The predicted molar refractivity (Wildman–Crippen MR) is 197 cm³/mol. The molecule has 2 heteroatoms. The lowest BCUT2D eigenvalue weighted by Gasteiger charge is -2.37. The number of nitrogens with zero attached hydrogens (tertiary/aromatic N) is 1. The molecule has 0 radical (unpaired) electrons. The van der Waals surface area contributed by atoms with Crippen LogP contribution in [-0.2, 0) is 10.8 Å². The molecule has 0 bridgehead atoms. The van der Waals surface area contributed by atoms with Gasteiger partial charge >= 0.3 is 0 Å². The maximum absolute atomic E-state index is 4.52. The van der Waals surface area contributed by atoms with Crippen molar-refractivity contribution in [3.63, 3.8) is 0 Å². The van der Waals surface area contributed by atoms with E-state index < -0.39 is 5.41 Å². The number of benzene rings is 6. The van der Waals surface area contributed by atoms with Gasteiger partial charge < -0.3 is 0 Å². The molecule has 0 saturated heterocycles. The van der Waals surface area contributed by atoms with E-state index in [1.165, 1.54) is 81.4 Å². The number of fused-ring (bicyclic) bond motifs is 3. The fraction of sp³-hybridized carbons (Fsp3) is 0.0889. The van der Waals surface area contributed by atoms with Gasteiger partial charge in [0.25, 0.3) is 0 Å². The van der Waals surface area contributed by atoms with E-state index in [0.29, 0.717) is 0 Å². The average Bonchev–Trinajstić information content (AvgIpc) is 3.73. The van der Waals surface area contributed by atoms with Crippen LogP contribution in [0.4, 0.5) is 0 Å². The molecule has 0 unspecified atom stereocenters. The van der Waals surface area contributed by atoms with Crippen LogP contribution >= 0.6 is 11.3 Å². The number of hydrogen-bond donors (Lipinski definition) is 0. The van der Waals surface area contributed by atoms with Gasteiger partial charge in [0.2, 0.25) is 0 Å². The van der Waals surface area contributed by atoms with Crippen LogP contribution in [0, 0.1) is 0 Å². The van der Waals surface area contributed by atoms with Gasteiger partial charge in [-0.25, -0.2) is 0 Å². The summed E-state index contributed by atoms with van der Waals surface area (Å²) in [5, 5.41) is 2.67. The maximum atomic E-state index is 4.52. The van der Waals surface area contributed by atoms with Gasteiger partial charge in [-0.05, 0) is 97.6 Å². The third-order valence-corrected chi connectivity index (χ3v) is 12.0. The summed E-state index contributed by atoms with van der Waals surface area (Å²) in [6.07, 6.45) is 3.86. The van der Waals surface area contributed by atoms with Crippen molar-refractivity contribution < 1.29 is 0 Å². The molecule has 47 heavy (non-hydrogen) atoms. The maximum Gasteiger partial charge on any atom is 0.0714 e. The molecule has 0 amide bonds. The number of pyridine rings is 1. The Kier molecular flexibility index (Phi) is 5.49. The first-order valence-electron chi connectivity index (χ1n) is 16.4. The zero-order chi connectivity index (χ0) is 31.3. The van der Waals surface area contributed by atoms with Gasteiger partial charge in [0.15, 0.2) is 0 Å². The monoisotopic (exact) mass is 617 g/mol. The Hall–Kier alpha value is -5.31. The average molecular weight is 618 g/mol. The van der Waals surface area contributed by atoms with Gasteiger partial charge in [0.1, 0.15) is 0 Å². The fourth-order valence-corrected chi connectivity index (χ4v) is 9.92. The normalized spacial score (nSPS) is 14.9. The van der Waals surface area contributed by atoms with Crippen molar-refractivity contribution in [2.45, 2.75) is 24.7 Å². The van der Waals surface area contributed by atoms with Gasteiger partial charge in [-0.1, -0.05) is 117 Å². The van der Waals surface area contributed by atoms with E-state index >= 15 is 0 Å². The van der Waals surface area contributed by atoms with Gasteiger partial charge in [0, 0.05) is 43.5 Å². The van der Waals surface area contributed by atoms with E-state index in [4.69, 9.17) is 0 Å².